The summed E-state index contributed by atoms with van der Waals surface area (Å²) in [6.45, 7) is 4.49. The van der Waals surface area contributed by atoms with Gasteiger partial charge in [0.05, 0.1) is 17.6 Å². The van der Waals surface area contributed by atoms with Crippen LogP contribution in [0.3, 0.4) is 0 Å². The monoisotopic (exact) mass is 207 g/mol. The quantitative estimate of drug-likeness (QED) is 0.820. The number of nitrogens with two attached hydrogens (primary N) is 1. The maximum atomic E-state index is 13.0. The highest BCUT2D eigenvalue weighted by atomic mass is 19.1. The van der Waals surface area contributed by atoms with Crippen LogP contribution in [0.15, 0.2) is 18.2 Å². The molecule has 0 unspecified atom stereocenters. The number of hydrogen-bond acceptors (Lipinski definition) is 2. The topological polar surface area (TPSA) is 43.8 Å². The Labute approximate surface area is 87.7 Å². The third-order valence-corrected chi connectivity index (χ3v) is 2.42. The molecular formula is C11H14FN3. The predicted molar refractivity (Wildman–Crippen MR) is 58.0 cm³/mol. The third kappa shape index (κ3) is 1.61. The van der Waals surface area contributed by atoms with E-state index in [1.54, 1.807) is 6.07 Å². The van der Waals surface area contributed by atoms with Crippen LogP contribution in [0.25, 0.3) is 11.0 Å². The van der Waals surface area contributed by atoms with Gasteiger partial charge in [-0.15, -0.1) is 0 Å². The van der Waals surface area contributed by atoms with Crippen LogP contribution in [0.2, 0.25) is 0 Å². The standard InChI is InChI=1S/C11H14FN3/c1-7(2)15-10-4-3-8(12)5-9(10)14-11(15)6-13/h3-5,7H,6,13H2,1-2H3. The van der Waals surface area contributed by atoms with Crippen LogP contribution >= 0.6 is 0 Å². The van der Waals surface area contributed by atoms with Crippen LogP contribution in [0.5, 0.6) is 0 Å². The maximum absolute atomic E-state index is 13.0. The zero-order valence-electron chi connectivity index (χ0n) is 8.87. The molecule has 0 saturated heterocycles. The van der Waals surface area contributed by atoms with Crippen molar-refractivity contribution in [1.29, 1.82) is 0 Å². The minimum Gasteiger partial charge on any atom is -0.324 e. The van der Waals surface area contributed by atoms with E-state index < -0.39 is 0 Å². The van der Waals surface area contributed by atoms with Crippen LogP contribution in [-0.4, -0.2) is 9.55 Å². The normalized spacial score (nSPS) is 11.5. The Hall–Kier alpha value is -1.42. The lowest BCUT2D eigenvalue weighted by Crippen LogP contribution is -2.10. The SMILES string of the molecule is CC(C)n1c(CN)nc2cc(F)ccc21. The van der Waals surface area contributed by atoms with Gasteiger partial charge >= 0.3 is 0 Å². The lowest BCUT2D eigenvalue weighted by atomic mass is 10.3. The van der Waals surface area contributed by atoms with Crippen molar-refractivity contribution in [1.82, 2.24) is 9.55 Å². The number of imidazole rings is 1. The molecule has 0 spiro atoms. The zero-order chi connectivity index (χ0) is 11.0. The molecule has 3 nitrogen and oxygen atoms in total. The molecular weight excluding hydrogens is 193 g/mol. The summed E-state index contributed by atoms with van der Waals surface area (Å²) in [5, 5.41) is 0. The fourth-order valence-electron chi connectivity index (χ4n) is 1.84. The number of fused-ring (bicyclic) bond motifs is 1. The highest BCUT2D eigenvalue weighted by Crippen LogP contribution is 2.21. The van der Waals surface area contributed by atoms with Crippen molar-refractivity contribution in [2.75, 3.05) is 0 Å². The minimum absolute atomic E-state index is 0.264. The minimum atomic E-state index is -0.264. The van der Waals surface area contributed by atoms with Crippen molar-refractivity contribution in [3.8, 4) is 0 Å². The molecule has 2 N–H and O–H groups in total. The maximum Gasteiger partial charge on any atom is 0.125 e. The van der Waals surface area contributed by atoms with E-state index in [9.17, 15) is 4.39 Å². The molecule has 2 rings (SSSR count). The summed E-state index contributed by atoms with van der Waals surface area (Å²) < 4.78 is 15.0. The number of halogens is 1. The smallest absolute Gasteiger partial charge is 0.125 e. The molecule has 80 valence electrons. The van der Waals surface area contributed by atoms with Gasteiger partial charge < -0.3 is 10.3 Å². The van der Waals surface area contributed by atoms with E-state index in [1.165, 1.54) is 12.1 Å². The van der Waals surface area contributed by atoms with E-state index in [1.807, 2.05) is 4.57 Å². The van der Waals surface area contributed by atoms with Crippen LogP contribution in [-0.2, 0) is 6.54 Å². The molecule has 2 aromatic rings. The first-order valence-corrected chi connectivity index (χ1v) is 5.00. The summed E-state index contributed by atoms with van der Waals surface area (Å²) in [4.78, 5) is 4.31. The molecule has 0 atom stereocenters. The fourth-order valence-corrected chi connectivity index (χ4v) is 1.84. The van der Waals surface area contributed by atoms with E-state index >= 15 is 0 Å². The van der Waals surface area contributed by atoms with Crippen molar-refractivity contribution in [2.45, 2.75) is 26.4 Å². The zero-order valence-corrected chi connectivity index (χ0v) is 8.87. The second-order valence-electron chi connectivity index (χ2n) is 3.83. The molecule has 15 heavy (non-hydrogen) atoms. The van der Waals surface area contributed by atoms with E-state index in [0.717, 1.165) is 11.3 Å². The number of benzene rings is 1. The fraction of sp³-hybridized carbons (Fsp3) is 0.364. The Morgan fingerprint density at radius 1 is 1.47 bits per heavy atom. The molecule has 0 saturated carbocycles. The molecule has 0 aliphatic carbocycles. The molecule has 1 heterocycles. The van der Waals surface area contributed by atoms with E-state index in [4.69, 9.17) is 5.73 Å². The van der Waals surface area contributed by atoms with Crippen molar-refractivity contribution in [3.63, 3.8) is 0 Å². The Bertz CT molecular complexity index is 488. The first-order valence-electron chi connectivity index (χ1n) is 5.00. The van der Waals surface area contributed by atoms with Crippen molar-refractivity contribution >= 4 is 11.0 Å². The summed E-state index contributed by atoms with van der Waals surface area (Å²) in [6.07, 6.45) is 0. The van der Waals surface area contributed by atoms with Gasteiger partial charge in [0.1, 0.15) is 11.6 Å². The average Bonchev–Trinajstić information content (AvgIpc) is 2.54. The van der Waals surface area contributed by atoms with Crippen LogP contribution in [0.4, 0.5) is 4.39 Å². The lowest BCUT2D eigenvalue weighted by Gasteiger charge is -2.11. The number of nitrogens with zero attached hydrogens (tertiary/aromatic N) is 2. The Morgan fingerprint density at radius 3 is 2.80 bits per heavy atom. The van der Waals surface area contributed by atoms with Gasteiger partial charge in [0.25, 0.3) is 0 Å². The van der Waals surface area contributed by atoms with Gasteiger partial charge in [-0.1, -0.05) is 0 Å². The third-order valence-electron chi connectivity index (χ3n) is 2.42. The summed E-state index contributed by atoms with van der Waals surface area (Å²) in [6, 6.07) is 4.91. The van der Waals surface area contributed by atoms with E-state index in [-0.39, 0.29) is 11.9 Å². The highest BCUT2D eigenvalue weighted by Gasteiger charge is 2.12. The van der Waals surface area contributed by atoms with Gasteiger partial charge in [0.15, 0.2) is 0 Å². The van der Waals surface area contributed by atoms with Gasteiger partial charge in [-0.2, -0.15) is 0 Å². The van der Waals surface area contributed by atoms with Crippen LogP contribution in [0, 0.1) is 5.82 Å². The van der Waals surface area contributed by atoms with Gasteiger partial charge in [0, 0.05) is 12.1 Å². The first kappa shape index (κ1) is 10.1. The summed E-state index contributed by atoms with van der Waals surface area (Å²) in [5.41, 5.74) is 7.22. The largest absolute Gasteiger partial charge is 0.324 e. The molecule has 1 aromatic heterocycles. The molecule has 1 aromatic carbocycles. The highest BCUT2D eigenvalue weighted by molar-refractivity contribution is 5.76. The predicted octanol–water partition coefficient (Wildman–Crippen LogP) is 2.21. The Morgan fingerprint density at radius 2 is 2.20 bits per heavy atom. The van der Waals surface area contributed by atoms with E-state index in [2.05, 4.69) is 18.8 Å². The second-order valence-corrected chi connectivity index (χ2v) is 3.83. The molecule has 0 bridgehead atoms. The van der Waals surface area contributed by atoms with Gasteiger partial charge in [0.2, 0.25) is 0 Å². The van der Waals surface area contributed by atoms with Crippen LogP contribution in [0.1, 0.15) is 25.7 Å². The molecule has 0 aliphatic heterocycles. The summed E-state index contributed by atoms with van der Waals surface area (Å²) in [7, 11) is 0. The number of rotatable bonds is 2. The van der Waals surface area contributed by atoms with Gasteiger partial charge in [-0.3, -0.25) is 0 Å². The van der Waals surface area contributed by atoms with Gasteiger partial charge in [-0.25, -0.2) is 9.37 Å². The summed E-state index contributed by atoms with van der Waals surface area (Å²) >= 11 is 0. The molecule has 0 radical (unpaired) electrons. The summed E-state index contributed by atoms with van der Waals surface area (Å²) in [5.74, 6) is 0.532. The van der Waals surface area contributed by atoms with Crippen molar-refractivity contribution in [3.05, 3.63) is 29.8 Å². The average molecular weight is 207 g/mol. The first-order chi connectivity index (χ1) is 7.13. The van der Waals surface area contributed by atoms with Gasteiger partial charge in [-0.05, 0) is 26.0 Å². The van der Waals surface area contributed by atoms with Crippen molar-refractivity contribution in [2.24, 2.45) is 5.73 Å². The molecule has 0 fully saturated rings. The Balaban J connectivity index is 2.74. The second kappa shape index (κ2) is 3.62. The number of aromatic nitrogens is 2. The van der Waals surface area contributed by atoms with Crippen molar-refractivity contribution < 1.29 is 4.39 Å². The molecule has 0 aliphatic rings. The lowest BCUT2D eigenvalue weighted by molar-refractivity contribution is 0.585. The van der Waals surface area contributed by atoms with Crippen LogP contribution < -0.4 is 5.73 Å². The molecule has 0 amide bonds. The molecule has 4 heteroatoms. The Kier molecular flexibility index (Phi) is 2.44. The van der Waals surface area contributed by atoms with E-state index in [0.29, 0.717) is 12.1 Å². The number of hydrogen-bond donors (Lipinski definition) is 1.